The second kappa shape index (κ2) is 10.9. The molecule has 0 fully saturated rings. The summed E-state index contributed by atoms with van der Waals surface area (Å²) in [7, 11) is 0. The fraction of sp³-hybridized carbons (Fsp3) is 0.333. The number of hydrogen-bond donors (Lipinski definition) is 1. The average molecular weight is 355 g/mol. The lowest BCUT2D eigenvalue weighted by Crippen LogP contribution is -2.29. The first-order valence-electron chi connectivity index (χ1n) is 8.90. The maximum atomic E-state index is 12.3. The lowest BCUT2D eigenvalue weighted by molar-refractivity contribution is -0.124. The minimum atomic E-state index is -0.527. The number of carbonyl (C=O) groups excluding carboxylic acids is 2. The van der Waals surface area contributed by atoms with E-state index in [1.165, 1.54) is 0 Å². The number of unbranched alkanes of at least 4 members (excludes halogenated alkanes) is 2. The molecule has 0 radical (unpaired) electrons. The molecule has 0 saturated carbocycles. The number of amides is 1. The van der Waals surface area contributed by atoms with E-state index in [0.717, 1.165) is 25.0 Å². The molecule has 0 saturated heterocycles. The molecular formula is C21H25NO4. The summed E-state index contributed by atoms with van der Waals surface area (Å²) in [4.78, 5) is 24.0. The largest absolute Gasteiger partial charge is 0.489 e. The molecule has 2 aromatic rings. The zero-order valence-corrected chi connectivity index (χ0v) is 15.1. The lowest BCUT2D eigenvalue weighted by Gasteiger charge is -2.11. The second-order valence-corrected chi connectivity index (χ2v) is 5.89. The van der Waals surface area contributed by atoms with E-state index < -0.39 is 5.97 Å². The first-order valence-corrected chi connectivity index (χ1v) is 8.90. The van der Waals surface area contributed by atoms with E-state index in [1.807, 2.05) is 42.5 Å². The van der Waals surface area contributed by atoms with Gasteiger partial charge in [0.2, 0.25) is 0 Å². The highest BCUT2D eigenvalue weighted by atomic mass is 16.5. The van der Waals surface area contributed by atoms with Gasteiger partial charge >= 0.3 is 5.97 Å². The van der Waals surface area contributed by atoms with Crippen LogP contribution in [-0.4, -0.2) is 25.0 Å². The third-order valence-electron chi connectivity index (χ3n) is 3.81. The Hall–Kier alpha value is -2.82. The Kier molecular flexibility index (Phi) is 8.19. The molecule has 2 aromatic carbocycles. The zero-order valence-electron chi connectivity index (χ0n) is 15.1. The highest BCUT2D eigenvalue weighted by Crippen LogP contribution is 2.15. The fourth-order valence-corrected chi connectivity index (χ4v) is 2.39. The van der Waals surface area contributed by atoms with Crippen LogP contribution < -0.4 is 10.1 Å². The number of rotatable bonds is 10. The first-order chi connectivity index (χ1) is 12.7. The Morgan fingerprint density at radius 1 is 0.962 bits per heavy atom. The number of esters is 1. The molecular weight excluding hydrogens is 330 g/mol. The molecule has 0 atom stereocenters. The van der Waals surface area contributed by atoms with E-state index in [2.05, 4.69) is 12.2 Å². The van der Waals surface area contributed by atoms with Gasteiger partial charge in [-0.25, -0.2) is 4.79 Å². The maximum absolute atomic E-state index is 12.3. The summed E-state index contributed by atoms with van der Waals surface area (Å²) in [5.41, 5.74) is 1.12. The molecule has 0 bridgehead atoms. The summed E-state index contributed by atoms with van der Waals surface area (Å²) in [6, 6.07) is 16.5. The molecule has 0 heterocycles. The van der Waals surface area contributed by atoms with E-state index >= 15 is 0 Å². The molecule has 5 heteroatoms. The van der Waals surface area contributed by atoms with Gasteiger partial charge in [-0.05, 0) is 24.6 Å². The van der Waals surface area contributed by atoms with Gasteiger partial charge in [0.1, 0.15) is 12.4 Å². The van der Waals surface area contributed by atoms with Gasteiger partial charge in [0.15, 0.2) is 6.61 Å². The van der Waals surface area contributed by atoms with Crippen molar-refractivity contribution in [3.05, 3.63) is 65.7 Å². The summed E-state index contributed by atoms with van der Waals surface area (Å²) in [5, 5.41) is 2.74. The van der Waals surface area contributed by atoms with Crippen LogP contribution in [0.25, 0.3) is 0 Å². The van der Waals surface area contributed by atoms with Gasteiger partial charge in [0.25, 0.3) is 5.91 Å². The SMILES string of the molecule is CCCCCNC(=O)COC(=O)c1ccccc1COc1ccccc1. The van der Waals surface area contributed by atoms with Crippen LogP contribution in [0.2, 0.25) is 0 Å². The molecule has 5 nitrogen and oxygen atoms in total. The second-order valence-electron chi connectivity index (χ2n) is 5.89. The van der Waals surface area contributed by atoms with Crippen molar-refractivity contribution < 1.29 is 19.1 Å². The Bertz CT molecular complexity index is 700. The van der Waals surface area contributed by atoms with Crippen LogP contribution in [0.4, 0.5) is 0 Å². The summed E-state index contributed by atoms with van der Waals surface area (Å²) >= 11 is 0. The van der Waals surface area contributed by atoms with Crippen LogP contribution in [0.1, 0.15) is 42.1 Å². The van der Waals surface area contributed by atoms with Crippen LogP contribution in [-0.2, 0) is 16.1 Å². The minimum absolute atomic E-state index is 0.249. The number of para-hydroxylation sites is 1. The number of carbonyl (C=O) groups is 2. The molecule has 0 aromatic heterocycles. The van der Waals surface area contributed by atoms with Crippen molar-refractivity contribution in [2.45, 2.75) is 32.8 Å². The highest BCUT2D eigenvalue weighted by Gasteiger charge is 2.14. The number of ether oxygens (including phenoxy) is 2. The molecule has 1 N–H and O–H groups in total. The van der Waals surface area contributed by atoms with E-state index in [-0.39, 0.29) is 19.1 Å². The summed E-state index contributed by atoms with van der Waals surface area (Å²) in [6.07, 6.45) is 3.08. The monoisotopic (exact) mass is 355 g/mol. The minimum Gasteiger partial charge on any atom is -0.489 e. The van der Waals surface area contributed by atoms with E-state index in [4.69, 9.17) is 9.47 Å². The molecule has 0 aliphatic rings. The summed E-state index contributed by atoms with van der Waals surface area (Å²) in [6.45, 7) is 2.67. The van der Waals surface area contributed by atoms with E-state index in [9.17, 15) is 9.59 Å². The van der Waals surface area contributed by atoms with Gasteiger partial charge in [-0.2, -0.15) is 0 Å². The molecule has 0 aliphatic carbocycles. The van der Waals surface area contributed by atoms with Crippen LogP contribution in [0.5, 0.6) is 5.75 Å². The standard InChI is InChI=1S/C21H25NO4/c1-2-3-9-14-22-20(23)16-26-21(24)19-13-8-7-10-17(19)15-25-18-11-5-4-6-12-18/h4-8,10-13H,2-3,9,14-16H2,1H3,(H,22,23). The Labute approximate surface area is 154 Å². The summed E-state index contributed by atoms with van der Waals surface area (Å²) in [5.74, 6) is -0.0874. The van der Waals surface area contributed by atoms with E-state index in [1.54, 1.807) is 12.1 Å². The van der Waals surface area contributed by atoms with Crippen LogP contribution in [0.15, 0.2) is 54.6 Å². The van der Waals surface area contributed by atoms with E-state index in [0.29, 0.717) is 17.7 Å². The normalized spacial score (nSPS) is 10.2. The van der Waals surface area contributed by atoms with Crippen molar-refractivity contribution in [2.75, 3.05) is 13.2 Å². The quantitative estimate of drug-likeness (QED) is 0.521. The lowest BCUT2D eigenvalue weighted by atomic mass is 10.1. The third-order valence-corrected chi connectivity index (χ3v) is 3.81. The Balaban J connectivity index is 1.85. The van der Waals surface area contributed by atoms with Gasteiger partial charge in [-0.1, -0.05) is 56.2 Å². The van der Waals surface area contributed by atoms with Crippen molar-refractivity contribution in [1.82, 2.24) is 5.32 Å². The number of benzene rings is 2. The predicted molar refractivity (Wildman–Crippen MR) is 100 cm³/mol. The van der Waals surface area contributed by atoms with Crippen LogP contribution >= 0.6 is 0 Å². The molecule has 0 aliphatic heterocycles. The summed E-state index contributed by atoms with van der Waals surface area (Å²) < 4.78 is 10.8. The Morgan fingerprint density at radius 3 is 2.46 bits per heavy atom. The maximum Gasteiger partial charge on any atom is 0.339 e. The van der Waals surface area contributed by atoms with Crippen LogP contribution in [0, 0.1) is 0 Å². The van der Waals surface area contributed by atoms with Gasteiger partial charge < -0.3 is 14.8 Å². The molecule has 0 spiro atoms. The predicted octanol–water partition coefficient (Wildman–Crippen LogP) is 3.73. The highest BCUT2D eigenvalue weighted by molar-refractivity contribution is 5.92. The third kappa shape index (κ3) is 6.59. The van der Waals surface area contributed by atoms with Crippen molar-refractivity contribution in [3.63, 3.8) is 0 Å². The number of hydrogen-bond acceptors (Lipinski definition) is 4. The molecule has 26 heavy (non-hydrogen) atoms. The fourth-order valence-electron chi connectivity index (χ4n) is 2.39. The van der Waals surface area contributed by atoms with Gasteiger partial charge in [0, 0.05) is 12.1 Å². The number of nitrogens with one attached hydrogen (secondary N) is 1. The van der Waals surface area contributed by atoms with Crippen molar-refractivity contribution >= 4 is 11.9 Å². The van der Waals surface area contributed by atoms with Gasteiger partial charge in [0.05, 0.1) is 5.56 Å². The van der Waals surface area contributed by atoms with Crippen molar-refractivity contribution in [3.8, 4) is 5.75 Å². The smallest absolute Gasteiger partial charge is 0.339 e. The topological polar surface area (TPSA) is 64.6 Å². The molecule has 138 valence electrons. The molecule has 0 unspecified atom stereocenters. The van der Waals surface area contributed by atoms with Crippen molar-refractivity contribution in [2.24, 2.45) is 0 Å². The van der Waals surface area contributed by atoms with Crippen molar-refractivity contribution in [1.29, 1.82) is 0 Å². The average Bonchev–Trinajstić information content (AvgIpc) is 2.69. The van der Waals surface area contributed by atoms with Gasteiger partial charge in [-0.3, -0.25) is 4.79 Å². The van der Waals surface area contributed by atoms with Gasteiger partial charge in [-0.15, -0.1) is 0 Å². The van der Waals surface area contributed by atoms with Crippen LogP contribution in [0.3, 0.4) is 0 Å². The first kappa shape index (κ1) is 19.5. The zero-order chi connectivity index (χ0) is 18.6. The molecule has 1 amide bonds. The molecule has 2 rings (SSSR count). The Morgan fingerprint density at radius 2 is 1.69 bits per heavy atom.